The topological polar surface area (TPSA) is 74.9 Å². The van der Waals surface area contributed by atoms with Gasteiger partial charge in [-0.15, -0.1) is 0 Å². The molecule has 1 unspecified atom stereocenters. The van der Waals surface area contributed by atoms with Crippen LogP contribution in [0.15, 0.2) is 58.2 Å². The first kappa shape index (κ1) is 16.0. The van der Waals surface area contributed by atoms with Gasteiger partial charge in [0.05, 0.1) is 12.2 Å². The van der Waals surface area contributed by atoms with Crippen LogP contribution in [0.4, 0.5) is 0 Å². The first-order valence-corrected chi connectivity index (χ1v) is 7.83. The number of benzene rings is 1. The molecule has 0 saturated carbocycles. The maximum Gasteiger partial charge on any atom is 0.245 e. The first-order chi connectivity index (χ1) is 11.6. The van der Waals surface area contributed by atoms with Crippen molar-refractivity contribution in [1.82, 2.24) is 10.3 Å². The molecule has 6 nitrogen and oxygen atoms in total. The van der Waals surface area contributed by atoms with Crippen molar-refractivity contribution in [3.8, 4) is 0 Å². The normalized spacial score (nSPS) is 18.0. The van der Waals surface area contributed by atoms with E-state index in [0.717, 1.165) is 5.56 Å². The van der Waals surface area contributed by atoms with Gasteiger partial charge in [-0.2, -0.15) is 5.10 Å². The van der Waals surface area contributed by atoms with Gasteiger partial charge in [-0.1, -0.05) is 30.3 Å². The van der Waals surface area contributed by atoms with Crippen molar-refractivity contribution in [1.29, 1.82) is 0 Å². The Morgan fingerprint density at radius 2 is 2.08 bits per heavy atom. The lowest BCUT2D eigenvalue weighted by atomic mass is 10.1. The summed E-state index contributed by atoms with van der Waals surface area (Å²) in [7, 11) is 0. The van der Waals surface area contributed by atoms with Crippen LogP contribution in [-0.4, -0.2) is 29.0 Å². The highest BCUT2D eigenvalue weighted by atomic mass is 16.3. The molecule has 1 aromatic heterocycles. The number of amides is 2. The molecule has 0 bridgehead atoms. The molecule has 3 rings (SSSR count). The minimum absolute atomic E-state index is 0.00857. The Kier molecular flexibility index (Phi) is 4.74. The van der Waals surface area contributed by atoms with Gasteiger partial charge in [0.2, 0.25) is 11.8 Å². The van der Waals surface area contributed by atoms with Gasteiger partial charge < -0.3 is 9.32 Å². The van der Waals surface area contributed by atoms with Crippen LogP contribution >= 0.6 is 0 Å². The smallest absolute Gasteiger partial charge is 0.245 e. The van der Waals surface area contributed by atoms with Gasteiger partial charge in [-0.3, -0.25) is 9.59 Å². The second-order valence-electron chi connectivity index (χ2n) is 5.81. The number of furan rings is 1. The lowest BCUT2D eigenvalue weighted by Gasteiger charge is -2.16. The zero-order valence-corrected chi connectivity index (χ0v) is 13.4. The zero-order chi connectivity index (χ0) is 16.9. The summed E-state index contributed by atoms with van der Waals surface area (Å²) in [6.07, 6.45) is 1.77. The van der Waals surface area contributed by atoms with E-state index < -0.39 is 0 Å². The van der Waals surface area contributed by atoms with Crippen LogP contribution in [0.2, 0.25) is 0 Å². The molecule has 1 aliphatic rings. The fraction of sp³-hybridized carbons (Fsp3) is 0.278. The van der Waals surface area contributed by atoms with Crippen molar-refractivity contribution in [2.24, 2.45) is 11.0 Å². The molecule has 1 N–H and O–H groups in total. The van der Waals surface area contributed by atoms with Gasteiger partial charge in [-0.25, -0.2) is 5.43 Å². The summed E-state index contributed by atoms with van der Waals surface area (Å²) in [5, 5.41) is 4.04. The van der Waals surface area contributed by atoms with E-state index in [4.69, 9.17) is 4.42 Å². The van der Waals surface area contributed by atoms with Crippen LogP contribution in [0.3, 0.4) is 0 Å². The van der Waals surface area contributed by atoms with Crippen molar-refractivity contribution in [3.63, 3.8) is 0 Å². The Hall–Kier alpha value is -2.89. The van der Waals surface area contributed by atoms with Crippen molar-refractivity contribution in [3.05, 3.63) is 60.1 Å². The fourth-order valence-electron chi connectivity index (χ4n) is 2.67. The van der Waals surface area contributed by atoms with E-state index in [-0.39, 0.29) is 24.2 Å². The van der Waals surface area contributed by atoms with E-state index in [2.05, 4.69) is 10.5 Å². The van der Waals surface area contributed by atoms with Gasteiger partial charge in [0, 0.05) is 19.5 Å². The summed E-state index contributed by atoms with van der Waals surface area (Å²) >= 11 is 0. The molecule has 2 heterocycles. The highest BCUT2D eigenvalue weighted by Gasteiger charge is 2.34. The van der Waals surface area contributed by atoms with Crippen molar-refractivity contribution >= 4 is 17.5 Å². The predicted octanol–water partition coefficient (Wildman–Crippen LogP) is 2.17. The standard InChI is InChI=1S/C18H19N3O3/c1-13(16-8-5-9-24-16)19-20-18(23)15-10-17(22)21(12-15)11-14-6-3-2-4-7-14/h2-9,15H,10-12H2,1H3,(H,20,23)/b19-13+. The van der Waals surface area contributed by atoms with E-state index >= 15 is 0 Å². The van der Waals surface area contributed by atoms with E-state index in [1.807, 2.05) is 30.3 Å². The molecule has 6 heteroatoms. The zero-order valence-electron chi connectivity index (χ0n) is 13.4. The van der Waals surface area contributed by atoms with Gasteiger partial charge in [0.15, 0.2) is 0 Å². The number of hydrazone groups is 1. The van der Waals surface area contributed by atoms with Crippen LogP contribution in [-0.2, 0) is 16.1 Å². The fourth-order valence-corrected chi connectivity index (χ4v) is 2.67. The Bertz CT molecular complexity index is 738. The maximum absolute atomic E-state index is 12.2. The number of hydrogen-bond acceptors (Lipinski definition) is 4. The molecule has 1 saturated heterocycles. The van der Waals surface area contributed by atoms with Gasteiger partial charge in [0.25, 0.3) is 0 Å². The van der Waals surface area contributed by atoms with Crippen LogP contribution in [0.1, 0.15) is 24.7 Å². The molecule has 1 fully saturated rings. The number of nitrogens with zero attached hydrogens (tertiary/aromatic N) is 2. The molecule has 0 radical (unpaired) electrons. The molecular formula is C18H19N3O3. The lowest BCUT2D eigenvalue weighted by Crippen LogP contribution is -2.30. The van der Waals surface area contributed by atoms with Gasteiger partial charge in [0.1, 0.15) is 11.5 Å². The molecule has 1 aliphatic heterocycles. The van der Waals surface area contributed by atoms with Crippen LogP contribution in [0.25, 0.3) is 0 Å². The van der Waals surface area contributed by atoms with Crippen LogP contribution in [0.5, 0.6) is 0 Å². The average Bonchev–Trinajstić information content (AvgIpc) is 3.24. The summed E-state index contributed by atoms with van der Waals surface area (Å²) < 4.78 is 5.21. The summed E-state index contributed by atoms with van der Waals surface area (Å²) in [6, 6.07) is 13.3. The largest absolute Gasteiger partial charge is 0.463 e. The highest BCUT2D eigenvalue weighted by molar-refractivity contribution is 5.97. The molecule has 0 aliphatic carbocycles. The molecule has 1 aromatic carbocycles. The molecular weight excluding hydrogens is 306 g/mol. The minimum atomic E-state index is -0.380. The Morgan fingerprint density at radius 3 is 2.79 bits per heavy atom. The molecule has 2 aromatic rings. The number of hydrogen-bond donors (Lipinski definition) is 1. The highest BCUT2D eigenvalue weighted by Crippen LogP contribution is 2.20. The van der Waals surface area contributed by atoms with Crippen molar-refractivity contribution < 1.29 is 14.0 Å². The van der Waals surface area contributed by atoms with E-state index in [9.17, 15) is 9.59 Å². The van der Waals surface area contributed by atoms with E-state index in [1.54, 1.807) is 30.2 Å². The maximum atomic E-state index is 12.2. The Balaban J connectivity index is 1.57. The lowest BCUT2D eigenvalue weighted by molar-refractivity contribution is -0.129. The summed E-state index contributed by atoms with van der Waals surface area (Å²) in [6.45, 7) is 2.69. The molecule has 24 heavy (non-hydrogen) atoms. The first-order valence-electron chi connectivity index (χ1n) is 7.83. The molecule has 0 spiro atoms. The third kappa shape index (κ3) is 3.71. The summed E-state index contributed by atoms with van der Waals surface area (Å²) in [4.78, 5) is 26.1. The summed E-state index contributed by atoms with van der Waals surface area (Å²) in [5.74, 6) is -0.0339. The second kappa shape index (κ2) is 7.12. The Morgan fingerprint density at radius 1 is 1.29 bits per heavy atom. The molecule has 2 amide bonds. The predicted molar refractivity (Wildman–Crippen MR) is 89.0 cm³/mol. The summed E-state index contributed by atoms with van der Waals surface area (Å²) in [5.41, 5.74) is 4.16. The van der Waals surface area contributed by atoms with E-state index in [0.29, 0.717) is 24.6 Å². The monoisotopic (exact) mass is 325 g/mol. The second-order valence-corrected chi connectivity index (χ2v) is 5.81. The number of carbonyl (C=O) groups is 2. The van der Waals surface area contributed by atoms with Crippen LogP contribution in [0, 0.1) is 5.92 Å². The van der Waals surface area contributed by atoms with Crippen molar-refractivity contribution in [2.75, 3.05) is 6.54 Å². The average molecular weight is 325 g/mol. The quantitative estimate of drug-likeness (QED) is 0.676. The third-order valence-corrected chi connectivity index (χ3v) is 4.01. The number of carbonyl (C=O) groups excluding carboxylic acids is 2. The molecule has 124 valence electrons. The number of rotatable bonds is 5. The van der Waals surface area contributed by atoms with E-state index in [1.165, 1.54) is 0 Å². The van der Waals surface area contributed by atoms with Gasteiger partial charge in [-0.05, 0) is 24.6 Å². The third-order valence-electron chi connectivity index (χ3n) is 4.01. The van der Waals surface area contributed by atoms with Gasteiger partial charge >= 0.3 is 0 Å². The molecule has 1 atom stereocenters. The van der Waals surface area contributed by atoms with Crippen LogP contribution < -0.4 is 5.43 Å². The number of likely N-dealkylation sites (tertiary alicyclic amines) is 1. The van der Waals surface area contributed by atoms with Crippen molar-refractivity contribution in [2.45, 2.75) is 19.9 Å². The SMILES string of the molecule is C/C(=N\NC(=O)C1CC(=O)N(Cc2ccccc2)C1)c1ccco1. The Labute approximate surface area is 140 Å². The number of nitrogens with one attached hydrogen (secondary N) is 1. The minimum Gasteiger partial charge on any atom is -0.463 e.